The number of benzene rings is 1. The van der Waals surface area contributed by atoms with Gasteiger partial charge in [0.2, 0.25) is 0 Å². The van der Waals surface area contributed by atoms with Crippen LogP contribution in [0.25, 0.3) is 0 Å². The van der Waals surface area contributed by atoms with Crippen LogP contribution in [0.2, 0.25) is 5.22 Å². The predicted octanol–water partition coefficient (Wildman–Crippen LogP) is 2.85. The van der Waals surface area contributed by atoms with Crippen molar-refractivity contribution in [1.29, 1.82) is 0 Å². The molecule has 20 heavy (non-hydrogen) atoms. The Kier molecular flexibility index (Phi) is 4.60. The summed E-state index contributed by atoms with van der Waals surface area (Å²) >= 11 is 10.3. The Morgan fingerprint density at radius 1 is 1.40 bits per heavy atom. The van der Waals surface area contributed by atoms with Crippen molar-refractivity contribution in [2.45, 2.75) is 0 Å². The highest BCUT2D eigenvalue weighted by Crippen LogP contribution is 2.19. The van der Waals surface area contributed by atoms with E-state index < -0.39 is 5.91 Å². The van der Waals surface area contributed by atoms with Gasteiger partial charge in [0.25, 0.3) is 5.91 Å². The van der Waals surface area contributed by atoms with Crippen molar-refractivity contribution in [3.63, 3.8) is 0 Å². The van der Waals surface area contributed by atoms with Gasteiger partial charge < -0.3 is 20.2 Å². The van der Waals surface area contributed by atoms with Crippen molar-refractivity contribution in [3.8, 4) is 5.75 Å². The lowest BCUT2D eigenvalue weighted by Gasteiger charge is -2.07. The van der Waals surface area contributed by atoms with Crippen LogP contribution in [-0.2, 0) is 0 Å². The molecule has 0 unspecified atom stereocenters. The maximum absolute atomic E-state index is 11.9. The molecule has 0 saturated carbocycles. The normalized spacial score (nSPS) is 10.1. The van der Waals surface area contributed by atoms with Gasteiger partial charge in [-0.2, -0.15) is 0 Å². The molecule has 1 aromatic carbocycles. The first-order chi connectivity index (χ1) is 9.54. The highest BCUT2D eigenvalue weighted by Gasteiger charge is 2.11. The number of carbonyl (C=O) groups excluding carboxylic acids is 1. The van der Waals surface area contributed by atoms with Crippen molar-refractivity contribution in [2.24, 2.45) is 5.73 Å². The van der Waals surface area contributed by atoms with Gasteiger partial charge >= 0.3 is 0 Å². The SMILES string of the molecule is NC(=S)COc1cccc(NC(=O)c2ccc(Cl)o2)c1. The second kappa shape index (κ2) is 6.40. The molecule has 0 fully saturated rings. The summed E-state index contributed by atoms with van der Waals surface area (Å²) in [6.45, 7) is 0.139. The summed E-state index contributed by atoms with van der Waals surface area (Å²) < 4.78 is 10.4. The average Bonchev–Trinajstić information content (AvgIpc) is 2.84. The van der Waals surface area contributed by atoms with Crippen molar-refractivity contribution >= 4 is 40.4 Å². The van der Waals surface area contributed by atoms with E-state index in [-0.39, 0.29) is 22.6 Å². The lowest BCUT2D eigenvalue weighted by atomic mass is 10.3. The average molecular weight is 311 g/mol. The molecule has 5 nitrogen and oxygen atoms in total. The Morgan fingerprint density at radius 2 is 2.20 bits per heavy atom. The first-order valence-electron chi connectivity index (χ1n) is 5.62. The van der Waals surface area contributed by atoms with E-state index in [9.17, 15) is 4.79 Å². The number of halogens is 1. The Bertz CT molecular complexity index is 642. The van der Waals surface area contributed by atoms with E-state index in [2.05, 4.69) is 5.32 Å². The molecular weight excluding hydrogens is 300 g/mol. The third-order valence-electron chi connectivity index (χ3n) is 2.27. The molecule has 1 heterocycles. The number of rotatable bonds is 5. The lowest BCUT2D eigenvalue weighted by molar-refractivity contribution is 0.0997. The van der Waals surface area contributed by atoms with Gasteiger partial charge in [-0.3, -0.25) is 4.79 Å². The van der Waals surface area contributed by atoms with Crippen LogP contribution in [-0.4, -0.2) is 17.5 Å². The summed E-state index contributed by atoms with van der Waals surface area (Å²) in [5, 5.41) is 2.82. The van der Waals surface area contributed by atoms with E-state index in [1.165, 1.54) is 12.1 Å². The van der Waals surface area contributed by atoms with Gasteiger partial charge in [0.15, 0.2) is 11.0 Å². The molecule has 0 aliphatic heterocycles. The number of furan rings is 1. The fourth-order valence-corrected chi connectivity index (χ4v) is 1.65. The minimum absolute atomic E-state index is 0.129. The minimum atomic E-state index is -0.400. The van der Waals surface area contributed by atoms with Gasteiger partial charge in [-0.25, -0.2) is 0 Å². The Balaban J connectivity index is 2.04. The molecule has 0 spiro atoms. The lowest BCUT2D eigenvalue weighted by Crippen LogP contribution is -2.18. The van der Waals surface area contributed by atoms with Crippen LogP contribution in [0.5, 0.6) is 5.75 Å². The first-order valence-corrected chi connectivity index (χ1v) is 6.41. The van der Waals surface area contributed by atoms with E-state index in [1.807, 2.05) is 0 Å². The van der Waals surface area contributed by atoms with Gasteiger partial charge in [0.05, 0.1) is 0 Å². The number of nitrogens with one attached hydrogen (secondary N) is 1. The fraction of sp³-hybridized carbons (Fsp3) is 0.0769. The number of nitrogens with two attached hydrogens (primary N) is 1. The predicted molar refractivity (Wildman–Crippen MR) is 80.4 cm³/mol. The topological polar surface area (TPSA) is 77.5 Å². The van der Waals surface area contributed by atoms with Crippen LogP contribution in [0.3, 0.4) is 0 Å². The van der Waals surface area contributed by atoms with Crippen LogP contribution in [0, 0.1) is 0 Å². The third-order valence-corrected chi connectivity index (χ3v) is 2.59. The van der Waals surface area contributed by atoms with Crippen molar-refractivity contribution < 1.29 is 13.9 Å². The summed E-state index contributed by atoms with van der Waals surface area (Å²) in [5.74, 6) is 0.279. The van der Waals surface area contributed by atoms with Crippen molar-refractivity contribution in [1.82, 2.24) is 0 Å². The molecule has 3 N–H and O–H groups in total. The number of ether oxygens (including phenoxy) is 1. The molecule has 0 atom stereocenters. The summed E-state index contributed by atoms with van der Waals surface area (Å²) in [6, 6.07) is 9.83. The van der Waals surface area contributed by atoms with Crippen molar-refractivity contribution in [2.75, 3.05) is 11.9 Å². The van der Waals surface area contributed by atoms with Gasteiger partial charge in [-0.15, -0.1) is 0 Å². The quantitative estimate of drug-likeness (QED) is 0.830. The van der Waals surface area contributed by atoms with Gasteiger partial charge in [0.1, 0.15) is 17.3 Å². The zero-order valence-corrected chi connectivity index (χ0v) is 11.8. The van der Waals surface area contributed by atoms with E-state index in [0.717, 1.165) is 0 Å². The summed E-state index contributed by atoms with van der Waals surface area (Å²) in [7, 11) is 0. The van der Waals surface area contributed by atoms with Crippen LogP contribution < -0.4 is 15.8 Å². The number of carbonyl (C=O) groups is 1. The molecule has 2 rings (SSSR count). The molecular formula is C13H11ClN2O3S. The number of thiocarbonyl (C=S) groups is 1. The molecule has 0 radical (unpaired) electrons. The fourth-order valence-electron chi connectivity index (χ4n) is 1.45. The van der Waals surface area contributed by atoms with E-state index >= 15 is 0 Å². The molecule has 0 bridgehead atoms. The second-order valence-corrected chi connectivity index (χ2v) is 4.74. The Hall–Kier alpha value is -2.05. The van der Waals surface area contributed by atoms with Crippen LogP contribution >= 0.6 is 23.8 Å². The van der Waals surface area contributed by atoms with Crippen LogP contribution in [0.4, 0.5) is 5.69 Å². The van der Waals surface area contributed by atoms with Crippen LogP contribution in [0.1, 0.15) is 10.6 Å². The number of anilines is 1. The van der Waals surface area contributed by atoms with Gasteiger partial charge in [0, 0.05) is 11.8 Å². The molecule has 1 aromatic heterocycles. The number of hydrogen-bond acceptors (Lipinski definition) is 4. The first kappa shape index (κ1) is 14.4. The monoisotopic (exact) mass is 310 g/mol. The zero-order chi connectivity index (χ0) is 14.5. The second-order valence-electron chi connectivity index (χ2n) is 3.84. The summed E-state index contributed by atoms with van der Waals surface area (Å²) in [4.78, 5) is 12.1. The smallest absolute Gasteiger partial charge is 0.291 e. The van der Waals surface area contributed by atoms with Gasteiger partial charge in [-0.1, -0.05) is 18.3 Å². The Morgan fingerprint density at radius 3 is 2.85 bits per heavy atom. The highest BCUT2D eigenvalue weighted by molar-refractivity contribution is 7.80. The number of hydrogen-bond donors (Lipinski definition) is 2. The van der Waals surface area contributed by atoms with Crippen LogP contribution in [0.15, 0.2) is 40.8 Å². The standard InChI is InChI=1S/C13H11ClN2O3S/c14-11-5-4-10(19-11)13(17)16-8-2-1-3-9(6-8)18-7-12(15)20/h1-6H,7H2,(H2,15,20)(H,16,17). The van der Waals surface area contributed by atoms with Crippen molar-refractivity contribution in [3.05, 3.63) is 47.4 Å². The molecule has 104 valence electrons. The minimum Gasteiger partial charge on any atom is -0.486 e. The van der Waals surface area contributed by atoms with E-state index in [0.29, 0.717) is 11.4 Å². The summed E-state index contributed by atoms with van der Waals surface area (Å²) in [6.07, 6.45) is 0. The van der Waals surface area contributed by atoms with E-state index in [4.69, 9.17) is 38.7 Å². The maximum atomic E-state index is 11.9. The highest BCUT2D eigenvalue weighted by atomic mass is 35.5. The third kappa shape index (κ3) is 3.97. The van der Waals surface area contributed by atoms with Gasteiger partial charge in [-0.05, 0) is 35.9 Å². The molecule has 7 heteroatoms. The zero-order valence-electron chi connectivity index (χ0n) is 10.3. The van der Waals surface area contributed by atoms with E-state index in [1.54, 1.807) is 24.3 Å². The molecule has 0 aliphatic rings. The Labute approximate surface area is 125 Å². The number of amides is 1. The maximum Gasteiger partial charge on any atom is 0.291 e. The molecule has 1 amide bonds. The largest absolute Gasteiger partial charge is 0.486 e. The molecule has 0 saturated heterocycles. The summed E-state index contributed by atoms with van der Waals surface area (Å²) in [5.41, 5.74) is 5.91. The molecule has 2 aromatic rings. The molecule has 0 aliphatic carbocycles.